The Bertz CT molecular complexity index is 927. The lowest BCUT2D eigenvalue weighted by atomic mass is 10.1. The van der Waals surface area contributed by atoms with Crippen molar-refractivity contribution in [2.75, 3.05) is 49.2 Å². The van der Waals surface area contributed by atoms with E-state index in [1.54, 1.807) is 0 Å². The molecular formula is C20H23F3N6O2. The highest BCUT2D eigenvalue weighted by molar-refractivity contribution is 5.94. The first-order valence-electron chi connectivity index (χ1n) is 10.2. The van der Waals surface area contributed by atoms with Crippen LogP contribution in [-0.4, -0.2) is 60.3 Å². The number of hydrogen-bond donors (Lipinski definition) is 1. The second-order valence-electron chi connectivity index (χ2n) is 7.41. The van der Waals surface area contributed by atoms with Crippen molar-refractivity contribution in [2.24, 2.45) is 0 Å². The summed E-state index contributed by atoms with van der Waals surface area (Å²) in [6, 6.07) is 4.31. The lowest BCUT2D eigenvalue weighted by Gasteiger charge is -2.28. The fourth-order valence-corrected chi connectivity index (χ4v) is 3.54. The summed E-state index contributed by atoms with van der Waals surface area (Å²) in [7, 11) is 0. The number of carbonyl (C=O) groups excluding carboxylic acids is 1. The Morgan fingerprint density at radius 3 is 2.29 bits per heavy atom. The summed E-state index contributed by atoms with van der Waals surface area (Å²) < 4.78 is 44.1. The number of rotatable bonds is 5. The molecule has 1 amide bonds. The number of hydrogen-bond acceptors (Lipinski definition) is 7. The summed E-state index contributed by atoms with van der Waals surface area (Å²) in [4.78, 5) is 30.1. The highest BCUT2D eigenvalue weighted by Gasteiger charge is 2.31. The smallest absolute Gasteiger partial charge is 0.378 e. The number of halogens is 3. The van der Waals surface area contributed by atoms with Crippen LogP contribution >= 0.6 is 0 Å². The lowest BCUT2D eigenvalue weighted by molar-refractivity contribution is -0.137. The average molecular weight is 436 g/mol. The van der Waals surface area contributed by atoms with Gasteiger partial charge in [0.05, 0.1) is 25.3 Å². The molecule has 2 aliphatic heterocycles. The molecule has 8 nitrogen and oxygen atoms in total. The molecule has 2 aromatic rings. The molecule has 1 N–H and O–H groups in total. The van der Waals surface area contributed by atoms with Crippen LogP contribution in [0.15, 0.2) is 24.3 Å². The zero-order valence-corrected chi connectivity index (χ0v) is 16.9. The minimum atomic E-state index is -4.51. The van der Waals surface area contributed by atoms with Gasteiger partial charge in [-0.25, -0.2) is 0 Å². The Balaban J connectivity index is 1.51. The maximum absolute atomic E-state index is 12.9. The van der Waals surface area contributed by atoms with Gasteiger partial charge in [-0.15, -0.1) is 0 Å². The van der Waals surface area contributed by atoms with Gasteiger partial charge in [0.2, 0.25) is 11.9 Å². The molecule has 0 bridgehead atoms. The van der Waals surface area contributed by atoms with E-state index in [1.807, 2.05) is 4.90 Å². The maximum Gasteiger partial charge on any atom is 0.416 e. The number of anilines is 2. The van der Waals surface area contributed by atoms with Crippen molar-refractivity contribution < 1.29 is 22.7 Å². The summed E-state index contributed by atoms with van der Waals surface area (Å²) in [5, 5.41) is 2.62. The molecule has 11 heteroatoms. The average Bonchev–Trinajstić information content (AvgIpc) is 3.32. The molecule has 1 aromatic carbocycles. The highest BCUT2D eigenvalue weighted by Crippen LogP contribution is 2.29. The van der Waals surface area contributed by atoms with Crippen molar-refractivity contribution in [3.05, 3.63) is 41.2 Å². The fourth-order valence-electron chi connectivity index (χ4n) is 3.54. The van der Waals surface area contributed by atoms with E-state index in [0.717, 1.165) is 38.1 Å². The zero-order chi connectivity index (χ0) is 21.8. The number of aromatic nitrogens is 3. The first-order chi connectivity index (χ1) is 14.9. The normalized spacial score (nSPS) is 17.1. The number of alkyl halides is 3. The van der Waals surface area contributed by atoms with E-state index in [0.29, 0.717) is 44.0 Å². The van der Waals surface area contributed by atoms with E-state index in [9.17, 15) is 18.0 Å². The van der Waals surface area contributed by atoms with Crippen molar-refractivity contribution in [2.45, 2.75) is 25.6 Å². The van der Waals surface area contributed by atoms with Gasteiger partial charge in [-0.2, -0.15) is 28.1 Å². The number of amides is 1. The predicted octanol–water partition coefficient (Wildman–Crippen LogP) is 2.26. The summed E-state index contributed by atoms with van der Waals surface area (Å²) >= 11 is 0. The van der Waals surface area contributed by atoms with Gasteiger partial charge in [-0.05, 0) is 31.0 Å². The first-order valence-corrected chi connectivity index (χ1v) is 10.2. The Kier molecular flexibility index (Phi) is 6.21. The molecule has 2 fully saturated rings. The van der Waals surface area contributed by atoms with Crippen molar-refractivity contribution in [3.8, 4) is 0 Å². The second-order valence-corrected chi connectivity index (χ2v) is 7.41. The molecule has 166 valence electrons. The summed E-state index contributed by atoms with van der Waals surface area (Å²) in [5.41, 5.74) is -0.941. The van der Waals surface area contributed by atoms with Crippen LogP contribution in [0.2, 0.25) is 0 Å². The third-order valence-corrected chi connectivity index (χ3v) is 5.20. The van der Waals surface area contributed by atoms with E-state index < -0.39 is 17.6 Å². The number of morpholine rings is 1. The van der Waals surface area contributed by atoms with Crippen LogP contribution in [0.3, 0.4) is 0 Å². The van der Waals surface area contributed by atoms with Gasteiger partial charge in [0, 0.05) is 31.7 Å². The molecule has 0 unspecified atom stereocenters. The third-order valence-electron chi connectivity index (χ3n) is 5.20. The van der Waals surface area contributed by atoms with Crippen LogP contribution in [0.25, 0.3) is 0 Å². The molecule has 2 aliphatic rings. The van der Waals surface area contributed by atoms with Gasteiger partial charge in [0.15, 0.2) is 5.82 Å². The van der Waals surface area contributed by atoms with Gasteiger partial charge >= 0.3 is 6.18 Å². The number of benzene rings is 1. The standard InChI is InChI=1S/C20H23F3N6O2/c21-20(22,23)15-5-3-4-14(12-15)17(30)24-13-16-25-18(28-6-1-2-7-28)27-19(26-16)29-8-10-31-11-9-29/h3-5,12H,1-2,6-11,13H2,(H,24,30). The second kappa shape index (κ2) is 9.04. The lowest BCUT2D eigenvalue weighted by Crippen LogP contribution is -2.38. The Hall–Kier alpha value is -2.95. The topological polar surface area (TPSA) is 83.5 Å². The summed E-state index contributed by atoms with van der Waals surface area (Å²) in [6.45, 7) is 4.14. The minimum Gasteiger partial charge on any atom is -0.378 e. The van der Waals surface area contributed by atoms with Crippen LogP contribution in [-0.2, 0) is 17.5 Å². The number of nitrogens with one attached hydrogen (secondary N) is 1. The third kappa shape index (κ3) is 5.22. The SMILES string of the molecule is O=C(NCc1nc(N2CCCC2)nc(N2CCOCC2)n1)c1cccc(C(F)(F)F)c1. The van der Waals surface area contributed by atoms with E-state index in [1.165, 1.54) is 12.1 Å². The molecule has 2 saturated heterocycles. The van der Waals surface area contributed by atoms with Crippen LogP contribution in [0.1, 0.15) is 34.6 Å². The molecule has 4 rings (SSSR count). The predicted molar refractivity (Wildman–Crippen MR) is 107 cm³/mol. The van der Waals surface area contributed by atoms with Crippen molar-refractivity contribution in [3.63, 3.8) is 0 Å². The van der Waals surface area contributed by atoms with Crippen molar-refractivity contribution >= 4 is 17.8 Å². The van der Waals surface area contributed by atoms with E-state index >= 15 is 0 Å². The molecule has 0 saturated carbocycles. The van der Waals surface area contributed by atoms with Gasteiger partial charge in [0.25, 0.3) is 5.91 Å². The highest BCUT2D eigenvalue weighted by atomic mass is 19.4. The molecule has 3 heterocycles. The van der Waals surface area contributed by atoms with E-state index in [4.69, 9.17) is 4.74 Å². The van der Waals surface area contributed by atoms with Crippen LogP contribution in [0, 0.1) is 0 Å². The molecule has 0 atom stereocenters. The molecule has 31 heavy (non-hydrogen) atoms. The van der Waals surface area contributed by atoms with Crippen LogP contribution in [0.5, 0.6) is 0 Å². The van der Waals surface area contributed by atoms with Crippen LogP contribution in [0.4, 0.5) is 25.1 Å². The van der Waals surface area contributed by atoms with Crippen molar-refractivity contribution in [1.82, 2.24) is 20.3 Å². The Morgan fingerprint density at radius 2 is 1.65 bits per heavy atom. The van der Waals surface area contributed by atoms with Gasteiger partial charge in [-0.1, -0.05) is 6.07 Å². The molecule has 1 aromatic heterocycles. The zero-order valence-electron chi connectivity index (χ0n) is 16.9. The van der Waals surface area contributed by atoms with Gasteiger partial charge in [0.1, 0.15) is 0 Å². The largest absolute Gasteiger partial charge is 0.416 e. The van der Waals surface area contributed by atoms with E-state index in [2.05, 4.69) is 25.2 Å². The van der Waals surface area contributed by atoms with Gasteiger partial charge in [-0.3, -0.25) is 4.79 Å². The summed E-state index contributed by atoms with van der Waals surface area (Å²) in [6.07, 6.45) is -2.40. The number of nitrogens with zero attached hydrogens (tertiary/aromatic N) is 5. The minimum absolute atomic E-state index is 0.0181. The fraction of sp³-hybridized carbons (Fsp3) is 0.500. The molecule has 0 aliphatic carbocycles. The number of carbonyl (C=O) groups is 1. The summed E-state index contributed by atoms with van der Waals surface area (Å²) in [5.74, 6) is 0.807. The number of ether oxygens (including phenoxy) is 1. The van der Waals surface area contributed by atoms with Crippen LogP contribution < -0.4 is 15.1 Å². The van der Waals surface area contributed by atoms with Crippen molar-refractivity contribution in [1.29, 1.82) is 0 Å². The Morgan fingerprint density at radius 1 is 1.00 bits per heavy atom. The maximum atomic E-state index is 12.9. The monoisotopic (exact) mass is 436 g/mol. The molecule has 0 spiro atoms. The van der Waals surface area contributed by atoms with Gasteiger partial charge < -0.3 is 19.9 Å². The molecule has 0 radical (unpaired) electrons. The van der Waals surface area contributed by atoms with E-state index in [-0.39, 0.29) is 12.1 Å². The quantitative estimate of drug-likeness (QED) is 0.770. The Labute approximate surface area is 177 Å². The first kappa shape index (κ1) is 21.3. The molecular weight excluding hydrogens is 413 g/mol.